The number of carbonyl (C=O) groups excluding carboxylic acids is 2. The monoisotopic (exact) mass is 276 g/mol. The Hall–Kier alpha value is -2.50. The lowest BCUT2D eigenvalue weighted by Crippen LogP contribution is -2.28. The number of anilines is 1. The Kier molecular flexibility index (Phi) is 4.60. The summed E-state index contributed by atoms with van der Waals surface area (Å²) in [6.07, 6.45) is 1.32. The fourth-order valence-corrected chi connectivity index (χ4v) is 1.72. The highest BCUT2D eigenvalue weighted by Crippen LogP contribution is 2.32. The second kappa shape index (κ2) is 6.60. The molecule has 0 bridgehead atoms. The van der Waals surface area contributed by atoms with Crippen LogP contribution >= 0.6 is 0 Å². The molecule has 0 fully saturated rings. The van der Waals surface area contributed by atoms with Crippen LogP contribution in [0.5, 0.6) is 11.5 Å². The van der Waals surface area contributed by atoms with E-state index in [4.69, 9.17) is 9.47 Å². The van der Waals surface area contributed by atoms with Gasteiger partial charge in [-0.15, -0.1) is 6.58 Å². The van der Waals surface area contributed by atoms with Crippen LogP contribution in [0.25, 0.3) is 0 Å². The molecule has 2 N–H and O–H groups in total. The maximum atomic E-state index is 11.7. The molecule has 1 aromatic carbocycles. The molecule has 1 aliphatic heterocycles. The number of ether oxygens (including phenoxy) is 2. The second-order valence-electron chi connectivity index (χ2n) is 4.18. The van der Waals surface area contributed by atoms with E-state index < -0.39 is 0 Å². The minimum Gasteiger partial charge on any atom is -0.486 e. The molecule has 2 rings (SSSR count). The van der Waals surface area contributed by atoms with Crippen LogP contribution in [-0.2, 0) is 9.59 Å². The van der Waals surface area contributed by atoms with Gasteiger partial charge in [0.25, 0.3) is 0 Å². The van der Waals surface area contributed by atoms with Gasteiger partial charge in [0.1, 0.15) is 19.6 Å². The van der Waals surface area contributed by atoms with Crippen molar-refractivity contribution in [2.45, 2.75) is 6.42 Å². The zero-order chi connectivity index (χ0) is 14.4. The normalized spacial score (nSPS) is 12.4. The Balaban J connectivity index is 1.91. The van der Waals surface area contributed by atoms with Gasteiger partial charge in [0, 0.05) is 18.3 Å². The predicted molar refractivity (Wildman–Crippen MR) is 73.9 cm³/mol. The smallest absolute Gasteiger partial charge is 0.233 e. The Morgan fingerprint density at radius 1 is 1.20 bits per heavy atom. The molecule has 106 valence electrons. The second-order valence-corrected chi connectivity index (χ2v) is 4.18. The third kappa shape index (κ3) is 3.74. The Bertz CT molecular complexity index is 528. The van der Waals surface area contributed by atoms with E-state index in [0.717, 1.165) is 0 Å². The van der Waals surface area contributed by atoms with E-state index in [9.17, 15) is 9.59 Å². The number of carbonyl (C=O) groups is 2. The summed E-state index contributed by atoms with van der Waals surface area (Å²) in [6, 6.07) is 5.10. The third-order valence-electron chi connectivity index (χ3n) is 2.59. The molecule has 1 aromatic rings. The molecular formula is C14H16N2O4. The molecule has 0 atom stereocenters. The molecule has 0 unspecified atom stereocenters. The summed E-state index contributed by atoms with van der Waals surface area (Å²) in [6.45, 7) is 4.82. The van der Waals surface area contributed by atoms with E-state index in [2.05, 4.69) is 17.2 Å². The van der Waals surface area contributed by atoms with Gasteiger partial charge in [-0.3, -0.25) is 9.59 Å². The average molecular weight is 276 g/mol. The molecule has 0 saturated carbocycles. The van der Waals surface area contributed by atoms with Crippen molar-refractivity contribution in [3.63, 3.8) is 0 Å². The van der Waals surface area contributed by atoms with Crippen LogP contribution in [0.1, 0.15) is 6.42 Å². The maximum absolute atomic E-state index is 11.7. The van der Waals surface area contributed by atoms with Crippen LogP contribution in [0.3, 0.4) is 0 Å². The van der Waals surface area contributed by atoms with E-state index in [1.165, 1.54) is 0 Å². The van der Waals surface area contributed by atoms with Gasteiger partial charge >= 0.3 is 0 Å². The van der Waals surface area contributed by atoms with Crippen LogP contribution in [0, 0.1) is 0 Å². The van der Waals surface area contributed by atoms with Gasteiger partial charge in [0.2, 0.25) is 11.8 Å². The lowest BCUT2D eigenvalue weighted by atomic mass is 10.2. The first kappa shape index (κ1) is 13.9. The molecular weight excluding hydrogens is 260 g/mol. The van der Waals surface area contributed by atoms with Crippen LogP contribution in [0.4, 0.5) is 5.69 Å². The molecule has 20 heavy (non-hydrogen) atoms. The molecule has 2 amide bonds. The van der Waals surface area contributed by atoms with E-state index >= 15 is 0 Å². The molecule has 0 aromatic heterocycles. The SMILES string of the molecule is C=CCNC(=O)CC(=O)Nc1ccc2c(c1)OCCO2. The summed E-state index contributed by atoms with van der Waals surface area (Å²) in [5, 5.41) is 5.17. The van der Waals surface area contributed by atoms with E-state index in [1.54, 1.807) is 24.3 Å². The molecule has 0 aliphatic carbocycles. The van der Waals surface area contributed by atoms with Crippen LogP contribution < -0.4 is 20.1 Å². The number of rotatable bonds is 5. The van der Waals surface area contributed by atoms with Crippen molar-refractivity contribution >= 4 is 17.5 Å². The minimum absolute atomic E-state index is 0.234. The Morgan fingerprint density at radius 2 is 1.95 bits per heavy atom. The number of hydrogen-bond acceptors (Lipinski definition) is 4. The van der Waals surface area contributed by atoms with Crippen molar-refractivity contribution < 1.29 is 19.1 Å². The zero-order valence-electron chi connectivity index (χ0n) is 11.0. The average Bonchev–Trinajstić information content (AvgIpc) is 2.44. The fourth-order valence-electron chi connectivity index (χ4n) is 1.72. The third-order valence-corrected chi connectivity index (χ3v) is 2.59. The van der Waals surface area contributed by atoms with Gasteiger partial charge in [-0.05, 0) is 12.1 Å². The van der Waals surface area contributed by atoms with Crippen molar-refractivity contribution in [2.24, 2.45) is 0 Å². The van der Waals surface area contributed by atoms with Gasteiger partial charge in [-0.1, -0.05) is 6.08 Å². The lowest BCUT2D eigenvalue weighted by Gasteiger charge is -2.18. The molecule has 0 spiro atoms. The van der Waals surface area contributed by atoms with Gasteiger partial charge in [0.05, 0.1) is 0 Å². The molecule has 6 heteroatoms. The van der Waals surface area contributed by atoms with Crippen LogP contribution in [-0.4, -0.2) is 31.6 Å². The molecule has 0 radical (unpaired) electrons. The number of fused-ring (bicyclic) bond motifs is 1. The first-order valence-corrected chi connectivity index (χ1v) is 6.26. The standard InChI is InChI=1S/C14H16N2O4/c1-2-5-15-13(17)9-14(18)16-10-3-4-11-12(8-10)20-7-6-19-11/h2-4,8H,1,5-7,9H2,(H,15,17)(H,16,18). The van der Waals surface area contributed by atoms with Crippen LogP contribution in [0.15, 0.2) is 30.9 Å². The van der Waals surface area contributed by atoms with Crippen molar-refractivity contribution in [2.75, 3.05) is 25.1 Å². The number of hydrogen-bond donors (Lipinski definition) is 2. The van der Waals surface area contributed by atoms with Crippen molar-refractivity contribution in [3.05, 3.63) is 30.9 Å². The lowest BCUT2D eigenvalue weighted by molar-refractivity contribution is -0.126. The molecule has 1 aliphatic rings. The molecule has 6 nitrogen and oxygen atoms in total. The largest absolute Gasteiger partial charge is 0.486 e. The maximum Gasteiger partial charge on any atom is 0.233 e. The summed E-state index contributed by atoms with van der Waals surface area (Å²) in [4.78, 5) is 23.1. The van der Waals surface area contributed by atoms with Crippen molar-refractivity contribution in [1.29, 1.82) is 0 Å². The van der Waals surface area contributed by atoms with Crippen LogP contribution in [0.2, 0.25) is 0 Å². The predicted octanol–water partition coefficient (Wildman–Crippen LogP) is 1.09. The van der Waals surface area contributed by atoms with Gasteiger partial charge < -0.3 is 20.1 Å². The number of nitrogens with one attached hydrogen (secondary N) is 2. The quantitative estimate of drug-likeness (QED) is 0.623. The van der Waals surface area contributed by atoms with Gasteiger partial charge in [-0.2, -0.15) is 0 Å². The first-order chi connectivity index (χ1) is 9.69. The Labute approximate surface area is 116 Å². The minimum atomic E-state index is -0.386. The highest BCUT2D eigenvalue weighted by molar-refractivity contribution is 6.03. The topological polar surface area (TPSA) is 76.7 Å². The van der Waals surface area contributed by atoms with E-state index in [0.29, 0.717) is 36.9 Å². The summed E-state index contributed by atoms with van der Waals surface area (Å²) < 4.78 is 10.8. The van der Waals surface area contributed by atoms with Gasteiger partial charge in [0.15, 0.2) is 11.5 Å². The summed E-state index contributed by atoms with van der Waals surface area (Å²) in [7, 11) is 0. The zero-order valence-corrected chi connectivity index (χ0v) is 11.0. The van der Waals surface area contributed by atoms with E-state index in [-0.39, 0.29) is 18.2 Å². The van der Waals surface area contributed by atoms with Crippen molar-refractivity contribution in [3.8, 4) is 11.5 Å². The van der Waals surface area contributed by atoms with E-state index in [1.807, 2.05) is 0 Å². The fraction of sp³-hybridized carbons (Fsp3) is 0.286. The first-order valence-electron chi connectivity index (χ1n) is 6.26. The van der Waals surface area contributed by atoms with Gasteiger partial charge in [-0.25, -0.2) is 0 Å². The number of benzene rings is 1. The summed E-state index contributed by atoms with van der Waals surface area (Å²) in [5.74, 6) is 0.506. The summed E-state index contributed by atoms with van der Waals surface area (Å²) >= 11 is 0. The summed E-state index contributed by atoms with van der Waals surface area (Å²) in [5.41, 5.74) is 0.566. The Morgan fingerprint density at radius 3 is 2.70 bits per heavy atom. The number of amides is 2. The molecule has 0 saturated heterocycles. The molecule has 1 heterocycles. The highest BCUT2D eigenvalue weighted by Gasteiger charge is 2.14. The highest BCUT2D eigenvalue weighted by atomic mass is 16.6. The van der Waals surface area contributed by atoms with Crippen molar-refractivity contribution in [1.82, 2.24) is 5.32 Å².